The maximum atomic E-state index is 13.3. The highest BCUT2D eigenvalue weighted by Crippen LogP contribution is 2.21. The van der Waals surface area contributed by atoms with Crippen LogP contribution < -0.4 is 21.9 Å². The second-order valence-electron chi connectivity index (χ2n) is 7.32. The van der Waals surface area contributed by atoms with Gasteiger partial charge in [0.1, 0.15) is 5.82 Å². The molecule has 2 heterocycles. The Hall–Kier alpha value is -4.17. The van der Waals surface area contributed by atoms with E-state index in [-0.39, 0.29) is 24.6 Å². The van der Waals surface area contributed by atoms with E-state index in [1.54, 1.807) is 6.08 Å². The highest BCUT2D eigenvalue weighted by Gasteiger charge is 2.23. The Morgan fingerprint density at radius 2 is 1.64 bits per heavy atom. The van der Waals surface area contributed by atoms with Crippen molar-refractivity contribution in [1.82, 2.24) is 9.55 Å². The highest BCUT2D eigenvalue weighted by molar-refractivity contribution is 7.10. The summed E-state index contributed by atoms with van der Waals surface area (Å²) in [5, 5.41) is 1.91. The lowest BCUT2D eigenvalue weighted by molar-refractivity contribution is -0.114. The fourth-order valence-corrected chi connectivity index (χ4v) is 4.04. The number of aromatic amines is 1. The molecule has 0 aliphatic heterocycles. The molecule has 4 aromatic rings. The number of nitrogens with zero attached hydrogens (tertiary/aromatic N) is 2. The van der Waals surface area contributed by atoms with E-state index in [1.165, 1.54) is 26.9 Å². The Morgan fingerprint density at radius 3 is 2.27 bits per heavy atom. The smallest absolute Gasteiger partial charge is 0.330 e. The topological polar surface area (TPSA) is 101 Å². The monoisotopic (exact) mass is 458 g/mol. The number of H-pyrrole nitrogens is 1. The number of amides is 1. The van der Waals surface area contributed by atoms with Crippen molar-refractivity contribution in [2.45, 2.75) is 13.1 Å². The van der Waals surface area contributed by atoms with E-state index in [1.807, 2.05) is 78.2 Å². The van der Waals surface area contributed by atoms with Crippen LogP contribution in [0.15, 0.2) is 93.8 Å². The van der Waals surface area contributed by atoms with Crippen molar-refractivity contribution in [3.8, 4) is 0 Å². The molecule has 0 fully saturated rings. The van der Waals surface area contributed by atoms with Gasteiger partial charge in [-0.05, 0) is 28.6 Å². The number of hydrogen-bond acceptors (Lipinski definition) is 5. The molecule has 3 N–H and O–H groups in total. The molecule has 0 spiro atoms. The molecule has 166 valence electrons. The van der Waals surface area contributed by atoms with E-state index in [2.05, 4.69) is 4.98 Å². The van der Waals surface area contributed by atoms with Crippen molar-refractivity contribution in [3.63, 3.8) is 0 Å². The van der Waals surface area contributed by atoms with Crippen molar-refractivity contribution < 1.29 is 4.79 Å². The lowest BCUT2D eigenvalue weighted by atomic mass is 10.2. The van der Waals surface area contributed by atoms with Crippen LogP contribution in [0.3, 0.4) is 0 Å². The van der Waals surface area contributed by atoms with Crippen LogP contribution in [0.2, 0.25) is 0 Å². The Labute approximate surface area is 194 Å². The minimum absolute atomic E-state index is 0.0600. The minimum Gasteiger partial charge on any atom is -0.383 e. The summed E-state index contributed by atoms with van der Waals surface area (Å²) in [4.78, 5) is 43.2. The zero-order valence-corrected chi connectivity index (χ0v) is 18.5. The molecule has 0 radical (unpaired) electrons. The van der Waals surface area contributed by atoms with Crippen LogP contribution in [0.5, 0.6) is 0 Å². The van der Waals surface area contributed by atoms with E-state index in [9.17, 15) is 14.4 Å². The molecule has 1 amide bonds. The van der Waals surface area contributed by atoms with Gasteiger partial charge in [0.15, 0.2) is 5.69 Å². The van der Waals surface area contributed by atoms with Crippen LogP contribution in [0.1, 0.15) is 16.0 Å². The van der Waals surface area contributed by atoms with Crippen molar-refractivity contribution in [2.24, 2.45) is 0 Å². The lowest BCUT2D eigenvalue weighted by Crippen LogP contribution is -2.40. The summed E-state index contributed by atoms with van der Waals surface area (Å²) in [5.74, 6) is -0.490. The largest absolute Gasteiger partial charge is 0.383 e. The number of carbonyl (C=O) groups is 1. The number of benzene rings is 2. The number of carbonyl (C=O) groups excluding carboxylic acids is 1. The zero-order chi connectivity index (χ0) is 23.2. The SMILES string of the molecule is Nc1c(N(Cc2ccccc2)C(=O)/C=C\c2cccs2)c(=O)[nH]c(=O)n1Cc1ccccc1. The summed E-state index contributed by atoms with van der Waals surface area (Å²) in [5.41, 5.74) is 6.59. The van der Waals surface area contributed by atoms with Gasteiger partial charge in [-0.2, -0.15) is 0 Å². The molecule has 2 aromatic heterocycles. The number of thiophene rings is 1. The first kappa shape index (κ1) is 22.0. The zero-order valence-electron chi connectivity index (χ0n) is 17.7. The Bertz CT molecular complexity index is 1370. The fourth-order valence-electron chi connectivity index (χ4n) is 3.42. The van der Waals surface area contributed by atoms with Crippen LogP contribution in [-0.4, -0.2) is 15.5 Å². The van der Waals surface area contributed by atoms with Crippen molar-refractivity contribution >= 4 is 34.8 Å². The first-order valence-corrected chi connectivity index (χ1v) is 11.1. The van der Waals surface area contributed by atoms with Gasteiger partial charge >= 0.3 is 5.69 Å². The summed E-state index contributed by atoms with van der Waals surface area (Å²) in [7, 11) is 0. The van der Waals surface area contributed by atoms with Gasteiger partial charge < -0.3 is 5.73 Å². The van der Waals surface area contributed by atoms with E-state index >= 15 is 0 Å². The summed E-state index contributed by atoms with van der Waals surface area (Å²) >= 11 is 1.49. The maximum absolute atomic E-state index is 13.3. The first-order valence-electron chi connectivity index (χ1n) is 10.3. The van der Waals surface area contributed by atoms with E-state index < -0.39 is 17.2 Å². The fraction of sp³-hybridized carbons (Fsp3) is 0.0800. The molecule has 0 unspecified atom stereocenters. The molecule has 0 bridgehead atoms. The van der Waals surface area contributed by atoms with Gasteiger partial charge in [-0.25, -0.2) is 4.79 Å². The molecule has 8 heteroatoms. The molecule has 0 aliphatic rings. The van der Waals surface area contributed by atoms with Crippen molar-refractivity contribution in [2.75, 3.05) is 10.6 Å². The van der Waals surface area contributed by atoms with E-state index in [4.69, 9.17) is 5.73 Å². The minimum atomic E-state index is -0.712. The van der Waals surface area contributed by atoms with Gasteiger partial charge in [-0.1, -0.05) is 66.7 Å². The van der Waals surface area contributed by atoms with Gasteiger partial charge in [0.05, 0.1) is 13.1 Å². The van der Waals surface area contributed by atoms with Gasteiger partial charge in [0.25, 0.3) is 11.5 Å². The standard InChI is InChI=1S/C25H22N4O3S/c26-23-22(24(31)27-25(32)29(23)17-19-10-5-2-6-11-19)28(16-18-8-3-1-4-9-18)21(30)14-13-20-12-7-15-33-20/h1-15H,16-17,26H2,(H,27,31,32)/b14-13-. The van der Waals surface area contributed by atoms with Gasteiger partial charge in [0.2, 0.25) is 0 Å². The molecule has 0 saturated heterocycles. The highest BCUT2D eigenvalue weighted by atomic mass is 32.1. The Morgan fingerprint density at radius 1 is 0.970 bits per heavy atom. The molecule has 0 aliphatic carbocycles. The van der Waals surface area contributed by atoms with E-state index in [0.29, 0.717) is 0 Å². The third-order valence-corrected chi connectivity index (χ3v) is 5.89. The van der Waals surface area contributed by atoms with Crippen LogP contribution >= 0.6 is 11.3 Å². The Balaban J connectivity index is 1.78. The van der Waals surface area contributed by atoms with Crippen molar-refractivity contribution in [3.05, 3.63) is 121 Å². The number of nitrogens with one attached hydrogen (secondary N) is 1. The third-order valence-electron chi connectivity index (χ3n) is 5.05. The lowest BCUT2D eigenvalue weighted by Gasteiger charge is -2.23. The normalized spacial score (nSPS) is 11.0. The van der Waals surface area contributed by atoms with Gasteiger partial charge in [-0.3, -0.25) is 24.0 Å². The van der Waals surface area contributed by atoms with Crippen LogP contribution in [-0.2, 0) is 17.9 Å². The third kappa shape index (κ3) is 5.19. The first-order chi connectivity index (χ1) is 16.0. The molecule has 2 aromatic carbocycles. The number of hydrogen-bond donors (Lipinski definition) is 2. The molecular weight excluding hydrogens is 436 g/mol. The average molecular weight is 459 g/mol. The summed E-state index contributed by atoms with van der Waals surface area (Å²) < 4.78 is 1.26. The molecule has 0 saturated carbocycles. The summed E-state index contributed by atoms with van der Waals surface area (Å²) in [6.45, 7) is 0.277. The Kier molecular flexibility index (Phi) is 6.66. The predicted octanol–water partition coefficient (Wildman–Crippen LogP) is 3.48. The van der Waals surface area contributed by atoms with E-state index in [0.717, 1.165) is 16.0 Å². The average Bonchev–Trinajstić information content (AvgIpc) is 3.34. The van der Waals surface area contributed by atoms with Crippen LogP contribution in [0, 0.1) is 0 Å². The molecule has 0 atom stereocenters. The predicted molar refractivity (Wildman–Crippen MR) is 132 cm³/mol. The number of nitrogen functional groups attached to an aromatic ring is 1. The number of nitrogens with two attached hydrogens (primary N) is 1. The maximum Gasteiger partial charge on any atom is 0.330 e. The summed E-state index contributed by atoms with van der Waals surface area (Å²) in [6.07, 6.45) is 3.09. The molecule has 4 rings (SSSR count). The molecular formula is C25H22N4O3S. The van der Waals surface area contributed by atoms with Gasteiger partial charge in [0, 0.05) is 11.0 Å². The quantitative estimate of drug-likeness (QED) is 0.414. The number of rotatable bonds is 7. The second-order valence-corrected chi connectivity index (χ2v) is 8.30. The van der Waals surface area contributed by atoms with Crippen LogP contribution in [0.4, 0.5) is 11.5 Å². The number of anilines is 2. The van der Waals surface area contributed by atoms with Crippen LogP contribution in [0.25, 0.3) is 6.08 Å². The second kappa shape index (κ2) is 9.97. The number of aromatic nitrogens is 2. The van der Waals surface area contributed by atoms with Gasteiger partial charge in [-0.15, -0.1) is 11.3 Å². The van der Waals surface area contributed by atoms with Crippen molar-refractivity contribution in [1.29, 1.82) is 0 Å². The summed E-state index contributed by atoms with van der Waals surface area (Å²) in [6, 6.07) is 22.3. The molecule has 7 nitrogen and oxygen atoms in total. The molecule has 33 heavy (non-hydrogen) atoms.